The molecule has 0 aliphatic carbocycles. The van der Waals surface area contributed by atoms with Gasteiger partial charge in [-0.2, -0.15) is 0 Å². The second kappa shape index (κ2) is 11.1. The van der Waals surface area contributed by atoms with Gasteiger partial charge < -0.3 is 0 Å². The largest absolute Gasteiger partial charge is 0.265 e. The molecule has 0 heterocycles. The van der Waals surface area contributed by atoms with E-state index in [0.29, 0.717) is 0 Å². The fourth-order valence-electron chi connectivity index (χ4n) is 4.57. The third-order valence-electron chi connectivity index (χ3n) is 6.30. The summed E-state index contributed by atoms with van der Waals surface area (Å²) in [5.74, 6) is 6.35. The number of hydrogen-bond acceptors (Lipinski definition) is 2. The van der Waals surface area contributed by atoms with Crippen molar-refractivity contribution in [1.82, 2.24) is 0 Å². The molecule has 35 heavy (non-hydrogen) atoms. The van der Waals surface area contributed by atoms with Crippen molar-refractivity contribution >= 4 is 5.57 Å². The molecule has 3 heteroatoms. The Morgan fingerprint density at radius 1 is 0.800 bits per heavy atom. The molecule has 0 radical (unpaired) electrons. The van der Waals surface area contributed by atoms with Crippen molar-refractivity contribution in [1.29, 1.82) is 0 Å². The lowest BCUT2D eigenvalue weighted by Gasteiger charge is -2.36. The molecule has 3 nitrogen and oxygen atoms in total. The van der Waals surface area contributed by atoms with Gasteiger partial charge >= 0.3 is 0 Å². The van der Waals surface area contributed by atoms with Crippen molar-refractivity contribution in [2.45, 2.75) is 18.3 Å². The molecule has 4 rings (SSSR count). The molecular weight excluding hydrogens is 430 g/mol. The lowest BCUT2D eigenvalue weighted by atomic mass is 9.64. The van der Waals surface area contributed by atoms with E-state index in [1.165, 1.54) is 0 Å². The van der Waals surface area contributed by atoms with E-state index in [-0.39, 0.29) is 11.5 Å². The van der Waals surface area contributed by atoms with Gasteiger partial charge in [-0.15, -0.1) is 0 Å². The first-order chi connectivity index (χ1) is 17.1. The van der Waals surface area contributed by atoms with Crippen LogP contribution < -0.4 is 0 Å². The topological polar surface area (TPSA) is 43.1 Å². The van der Waals surface area contributed by atoms with Crippen LogP contribution in [0.4, 0.5) is 0 Å². The van der Waals surface area contributed by atoms with Crippen molar-refractivity contribution in [3.8, 4) is 11.8 Å². The summed E-state index contributed by atoms with van der Waals surface area (Å²) in [4.78, 5) is 11.8. The minimum Gasteiger partial charge on any atom is -0.265 e. The van der Waals surface area contributed by atoms with E-state index >= 15 is 0 Å². The number of allylic oxidation sites excluding steroid dienone is 2. The highest BCUT2D eigenvalue weighted by Crippen LogP contribution is 2.44. The fraction of sp³-hybridized carbons (Fsp3) is 0.125. The minimum atomic E-state index is -0.926. The van der Waals surface area contributed by atoms with Crippen molar-refractivity contribution in [2.75, 3.05) is 6.54 Å². The van der Waals surface area contributed by atoms with Crippen LogP contribution in [0.5, 0.6) is 0 Å². The molecule has 0 aliphatic rings. The third kappa shape index (κ3) is 5.39. The summed E-state index contributed by atoms with van der Waals surface area (Å²) in [5.41, 5.74) is 3.95. The molecule has 4 aromatic rings. The van der Waals surface area contributed by atoms with Gasteiger partial charge in [-0.1, -0.05) is 133 Å². The van der Waals surface area contributed by atoms with Crippen LogP contribution in [0.1, 0.15) is 35.1 Å². The van der Waals surface area contributed by atoms with Gasteiger partial charge in [0.1, 0.15) is 0 Å². The first-order valence-electron chi connectivity index (χ1n) is 11.6. The highest BCUT2D eigenvalue weighted by molar-refractivity contribution is 5.67. The quantitative estimate of drug-likeness (QED) is 0.168. The molecule has 0 aliphatic heterocycles. The molecule has 0 N–H and O–H groups in total. The van der Waals surface area contributed by atoms with Crippen molar-refractivity contribution in [3.05, 3.63) is 160 Å². The SMILES string of the molecule is C/C(=C\C#CC(c1ccccc1)(c1ccccc1)C(C[N+](=O)[O-])c1ccccc1)c1ccccc1. The number of hydrogen-bond donors (Lipinski definition) is 0. The van der Waals surface area contributed by atoms with E-state index in [4.69, 9.17) is 0 Å². The van der Waals surface area contributed by atoms with E-state index in [1.54, 1.807) is 0 Å². The number of nitro groups is 1. The molecule has 4 aromatic carbocycles. The summed E-state index contributed by atoms with van der Waals surface area (Å²) in [6.07, 6.45) is 1.91. The minimum absolute atomic E-state index is 0.231. The number of benzene rings is 4. The molecule has 1 atom stereocenters. The fourth-order valence-corrected chi connectivity index (χ4v) is 4.57. The third-order valence-corrected chi connectivity index (χ3v) is 6.30. The average Bonchev–Trinajstić information content (AvgIpc) is 2.92. The predicted octanol–water partition coefficient (Wildman–Crippen LogP) is 7.14. The van der Waals surface area contributed by atoms with Crippen molar-refractivity contribution in [3.63, 3.8) is 0 Å². The molecule has 172 valence electrons. The Bertz CT molecular complexity index is 1300. The second-order valence-corrected chi connectivity index (χ2v) is 8.48. The van der Waals surface area contributed by atoms with E-state index in [0.717, 1.165) is 27.8 Å². The van der Waals surface area contributed by atoms with E-state index in [2.05, 4.69) is 24.0 Å². The van der Waals surface area contributed by atoms with Gasteiger partial charge in [-0.3, -0.25) is 10.1 Å². The molecule has 0 spiro atoms. The van der Waals surface area contributed by atoms with Gasteiger partial charge in [0.25, 0.3) is 0 Å². The van der Waals surface area contributed by atoms with Gasteiger partial charge in [0.05, 0.1) is 11.3 Å². The molecule has 0 fully saturated rings. The van der Waals surface area contributed by atoms with Gasteiger partial charge in [-0.25, -0.2) is 0 Å². The zero-order chi connectivity index (χ0) is 24.5. The van der Waals surface area contributed by atoms with Gasteiger partial charge in [0, 0.05) is 4.92 Å². The maximum absolute atomic E-state index is 12.0. The molecular formula is C32H27NO2. The molecule has 0 bridgehead atoms. The van der Waals surface area contributed by atoms with E-state index in [9.17, 15) is 10.1 Å². The summed E-state index contributed by atoms with van der Waals surface area (Å²) in [7, 11) is 0. The molecule has 0 saturated carbocycles. The predicted molar refractivity (Wildman–Crippen MR) is 143 cm³/mol. The molecule has 0 saturated heterocycles. The highest BCUT2D eigenvalue weighted by Gasteiger charge is 2.44. The van der Waals surface area contributed by atoms with Crippen LogP contribution in [0.15, 0.2) is 127 Å². The summed E-state index contributed by atoms with van der Waals surface area (Å²) >= 11 is 0. The Balaban J connectivity index is 1.99. The van der Waals surface area contributed by atoms with E-state index < -0.39 is 11.3 Å². The Morgan fingerprint density at radius 2 is 1.26 bits per heavy atom. The maximum Gasteiger partial charge on any atom is 0.212 e. The van der Waals surface area contributed by atoms with Crippen LogP contribution in [0.25, 0.3) is 5.57 Å². The smallest absolute Gasteiger partial charge is 0.212 e. The standard InChI is InChI=1S/C32H27NO2/c1-26(27-16-6-2-7-17-27)15-14-24-32(29-20-10-4-11-21-29,30-22-12-5-13-23-30)31(25-33(34)35)28-18-8-3-9-19-28/h2-13,15-23,31H,25H2,1H3/b26-15+. The number of rotatable bonds is 7. The first kappa shape index (κ1) is 23.7. The van der Waals surface area contributed by atoms with Gasteiger partial charge in [0.15, 0.2) is 0 Å². The summed E-state index contributed by atoms with van der Waals surface area (Å²) < 4.78 is 0. The molecule has 1 unspecified atom stereocenters. The average molecular weight is 458 g/mol. The molecule has 0 aromatic heterocycles. The Labute approximate surface area is 206 Å². The van der Waals surface area contributed by atoms with Gasteiger partial charge in [-0.05, 0) is 40.8 Å². The lowest BCUT2D eigenvalue weighted by molar-refractivity contribution is -0.484. The van der Waals surface area contributed by atoms with E-state index in [1.807, 2.05) is 122 Å². The normalized spacial score (nSPS) is 12.3. The van der Waals surface area contributed by atoms with Crippen LogP contribution in [0.3, 0.4) is 0 Å². The van der Waals surface area contributed by atoms with Gasteiger partial charge in [0.2, 0.25) is 6.54 Å². The summed E-state index contributed by atoms with van der Waals surface area (Å²) in [6.45, 7) is 1.78. The number of nitrogens with zero attached hydrogens (tertiary/aromatic N) is 1. The van der Waals surface area contributed by atoms with Crippen LogP contribution in [-0.2, 0) is 5.41 Å². The Morgan fingerprint density at radius 3 is 1.74 bits per heavy atom. The van der Waals surface area contributed by atoms with Crippen LogP contribution in [-0.4, -0.2) is 11.5 Å². The Hall–Kier alpha value is -4.42. The van der Waals surface area contributed by atoms with Crippen LogP contribution in [0.2, 0.25) is 0 Å². The zero-order valence-corrected chi connectivity index (χ0v) is 19.7. The second-order valence-electron chi connectivity index (χ2n) is 8.48. The van der Waals surface area contributed by atoms with Crippen LogP contribution in [0, 0.1) is 22.0 Å². The lowest BCUT2D eigenvalue weighted by Crippen LogP contribution is -2.37. The zero-order valence-electron chi connectivity index (χ0n) is 19.7. The highest BCUT2D eigenvalue weighted by atomic mass is 16.6. The van der Waals surface area contributed by atoms with Crippen LogP contribution >= 0.6 is 0 Å². The summed E-state index contributed by atoms with van der Waals surface area (Å²) in [6, 6.07) is 39.6. The first-order valence-corrected chi connectivity index (χ1v) is 11.6. The monoisotopic (exact) mass is 457 g/mol. The van der Waals surface area contributed by atoms with Crippen molar-refractivity contribution in [2.24, 2.45) is 0 Å². The van der Waals surface area contributed by atoms with Crippen molar-refractivity contribution < 1.29 is 4.92 Å². The molecule has 0 amide bonds. The summed E-state index contributed by atoms with van der Waals surface area (Å²) in [5, 5.41) is 12.0. The maximum atomic E-state index is 12.0. The Kier molecular flexibility index (Phi) is 7.55.